The molecule has 0 aliphatic rings. The smallest absolute Gasteiger partial charge is 0.164 e. The molecule has 0 saturated heterocycles. The molecule has 1 radical (unpaired) electrons. The minimum atomic E-state index is -0.454. The Morgan fingerprint density at radius 2 is 1.37 bits per heavy atom. The number of nitrogens with zero attached hydrogens (tertiary/aromatic N) is 1. The van der Waals surface area contributed by atoms with Crippen LogP contribution in [-0.4, -0.2) is 15.9 Å². The molecule has 0 saturated carbocycles. The average molecular weight is 735 g/mol. The van der Waals surface area contributed by atoms with E-state index >= 15 is 0 Å². The second-order valence-electron chi connectivity index (χ2n) is 15.2. The van der Waals surface area contributed by atoms with Gasteiger partial charge in [0.1, 0.15) is 5.76 Å². The molecule has 4 heteroatoms. The number of aryl methyl sites for hydroxylation is 3. The van der Waals surface area contributed by atoms with E-state index in [4.69, 9.17) is 4.98 Å². The van der Waals surface area contributed by atoms with Crippen molar-refractivity contribution in [2.24, 2.45) is 21.7 Å². The number of aromatic nitrogens is 1. The summed E-state index contributed by atoms with van der Waals surface area (Å²) in [6, 6.07) is 18.1. The molecule has 41 heavy (non-hydrogen) atoms. The van der Waals surface area contributed by atoms with E-state index in [-0.39, 0.29) is 47.9 Å². The summed E-state index contributed by atoms with van der Waals surface area (Å²) < 4.78 is 0. The van der Waals surface area contributed by atoms with Crippen LogP contribution in [0.5, 0.6) is 0 Å². The number of benzene rings is 2. The van der Waals surface area contributed by atoms with Crippen LogP contribution >= 0.6 is 0 Å². The van der Waals surface area contributed by atoms with Crippen LogP contribution in [0.25, 0.3) is 22.2 Å². The van der Waals surface area contributed by atoms with Crippen LogP contribution in [0.1, 0.15) is 98.8 Å². The van der Waals surface area contributed by atoms with Crippen molar-refractivity contribution >= 4 is 16.7 Å². The molecule has 1 heterocycles. The Labute approximate surface area is 263 Å². The van der Waals surface area contributed by atoms with Crippen LogP contribution in [0, 0.1) is 48.5 Å². The Morgan fingerprint density at radius 1 is 0.829 bits per heavy atom. The number of rotatable bonds is 6. The summed E-state index contributed by atoms with van der Waals surface area (Å²) in [6.45, 7) is 27.1. The SMILES string of the molecule is CC(C)(C)CC(C)(C)C(=O)/C=C(\O)C(C)(C)CC(C)(C)C.Cc1[c-]c(-c2cc(C)c3ccccc3n2)cc(C)c1.[Ir]. The van der Waals surface area contributed by atoms with Crippen molar-refractivity contribution in [3.05, 3.63) is 77.1 Å². The fourth-order valence-electron chi connectivity index (χ4n) is 5.87. The minimum Gasteiger partial charge on any atom is -0.512 e. The second-order valence-corrected chi connectivity index (χ2v) is 15.2. The zero-order valence-corrected chi connectivity index (χ0v) is 30.1. The summed E-state index contributed by atoms with van der Waals surface area (Å²) in [5.74, 6) is 0.210. The van der Waals surface area contributed by atoms with Gasteiger partial charge >= 0.3 is 0 Å². The summed E-state index contributed by atoms with van der Waals surface area (Å²) >= 11 is 0. The van der Waals surface area contributed by atoms with E-state index in [0.29, 0.717) is 0 Å². The predicted octanol–water partition coefficient (Wildman–Crippen LogP) is 10.5. The van der Waals surface area contributed by atoms with E-state index in [9.17, 15) is 9.90 Å². The number of para-hydroxylation sites is 1. The van der Waals surface area contributed by atoms with Crippen molar-refractivity contribution < 1.29 is 30.0 Å². The molecule has 0 spiro atoms. The molecule has 0 aliphatic heterocycles. The Morgan fingerprint density at radius 3 is 1.90 bits per heavy atom. The number of hydrogen-bond donors (Lipinski definition) is 1. The number of pyridine rings is 1. The maximum atomic E-state index is 12.5. The van der Waals surface area contributed by atoms with Crippen LogP contribution < -0.4 is 0 Å². The van der Waals surface area contributed by atoms with Gasteiger partial charge in [0.05, 0.1) is 5.52 Å². The third-order valence-corrected chi connectivity index (χ3v) is 6.92. The van der Waals surface area contributed by atoms with Crippen LogP contribution in [0.3, 0.4) is 0 Å². The Bertz CT molecular complexity index is 1350. The van der Waals surface area contributed by atoms with Crippen molar-refractivity contribution in [3.8, 4) is 11.3 Å². The Balaban J connectivity index is 0.000000401. The number of allylic oxidation sites excluding steroid dienone is 2. The number of carbonyl (C=O) groups excluding carboxylic acids is 1. The second kappa shape index (κ2) is 13.8. The average Bonchev–Trinajstić information content (AvgIpc) is 2.75. The topological polar surface area (TPSA) is 50.2 Å². The van der Waals surface area contributed by atoms with E-state index in [1.165, 1.54) is 22.6 Å². The molecule has 3 aromatic rings. The van der Waals surface area contributed by atoms with Crippen molar-refractivity contribution in [2.45, 2.75) is 103 Å². The number of aliphatic hydroxyl groups excluding tert-OH is 1. The van der Waals surface area contributed by atoms with E-state index in [1.54, 1.807) is 0 Å². The maximum absolute atomic E-state index is 12.5. The molecule has 3 nitrogen and oxygen atoms in total. The van der Waals surface area contributed by atoms with E-state index < -0.39 is 5.41 Å². The number of fused-ring (bicyclic) bond motifs is 1. The molecule has 0 fully saturated rings. The number of hydrogen-bond acceptors (Lipinski definition) is 3. The van der Waals surface area contributed by atoms with Crippen LogP contribution in [0.15, 0.2) is 54.3 Å². The third-order valence-electron chi connectivity index (χ3n) is 6.92. The van der Waals surface area contributed by atoms with Gasteiger partial charge in [-0.15, -0.1) is 34.9 Å². The summed E-state index contributed by atoms with van der Waals surface area (Å²) in [5, 5.41) is 11.6. The van der Waals surface area contributed by atoms with Crippen molar-refractivity contribution in [1.82, 2.24) is 4.98 Å². The zero-order valence-electron chi connectivity index (χ0n) is 27.7. The van der Waals surface area contributed by atoms with Gasteiger partial charge in [-0.2, -0.15) is 0 Å². The standard InChI is InChI=1S/C19H36O2.C18H16N.Ir/c1-16(2,3)12-18(7,8)14(20)11-15(21)19(9,10)13-17(4,5)6;1-12-8-13(2)10-15(9-12)18-11-14(3)16-6-4-5-7-17(16)19-18;/h11,20H,12-13H2,1-10H3;4-9,11H,1-3H3;/q;-1;/b14-11-;;. The van der Waals surface area contributed by atoms with Gasteiger partial charge in [0.25, 0.3) is 0 Å². The fraction of sp³-hybridized carbons (Fsp3) is 0.514. The summed E-state index contributed by atoms with van der Waals surface area (Å²) in [4.78, 5) is 17.3. The van der Waals surface area contributed by atoms with E-state index in [1.807, 2.05) is 33.8 Å². The fourth-order valence-corrected chi connectivity index (χ4v) is 5.87. The maximum Gasteiger partial charge on any atom is 0.164 e. The summed E-state index contributed by atoms with van der Waals surface area (Å²) in [5.41, 5.74) is 6.14. The van der Waals surface area contributed by atoms with E-state index in [0.717, 1.165) is 35.2 Å². The third kappa shape index (κ3) is 11.5. The first-order chi connectivity index (χ1) is 18.1. The van der Waals surface area contributed by atoms with Gasteiger partial charge in [0.15, 0.2) is 5.78 Å². The Kier molecular flexibility index (Phi) is 12.4. The first-order valence-electron chi connectivity index (χ1n) is 14.4. The van der Waals surface area contributed by atoms with Gasteiger partial charge in [-0.1, -0.05) is 107 Å². The molecule has 2 aromatic carbocycles. The van der Waals surface area contributed by atoms with Gasteiger partial charge in [-0.05, 0) is 47.9 Å². The van der Waals surface area contributed by atoms with Gasteiger partial charge in [-0.3, -0.25) is 9.78 Å². The van der Waals surface area contributed by atoms with Gasteiger partial charge in [0.2, 0.25) is 0 Å². The molecule has 1 aromatic heterocycles. The van der Waals surface area contributed by atoms with Gasteiger partial charge in [0, 0.05) is 42.4 Å². The molecule has 227 valence electrons. The Hall–Kier alpha value is -2.29. The van der Waals surface area contributed by atoms with Crippen LogP contribution in [0.2, 0.25) is 0 Å². The van der Waals surface area contributed by atoms with Crippen LogP contribution in [-0.2, 0) is 24.9 Å². The molecule has 3 rings (SSSR count). The largest absolute Gasteiger partial charge is 0.512 e. The van der Waals surface area contributed by atoms with Gasteiger partial charge in [-0.25, -0.2) is 0 Å². The van der Waals surface area contributed by atoms with Crippen LogP contribution in [0.4, 0.5) is 0 Å². The number of ketones is 1. The predicted molar refractivity (Wildman–Crippen MR) is 172 cm³/mol. The molecule has 1 N–H and O–H groups in total. The molecule has 0 unspecified atom stereocenters. The molecule has 0 amide bonds. The summed E-state index contributed by atoms with van der Waals surface area (Å²) in [7, 11) is 0. The molecular formula is C37H52IrNO2-. The van der Waals surface area contributed by atoms with Crippen molar-refractivity contribution in [1.29, 1.82) is 0 Å². The quantitative estimate of drug-likeness (QED) is 0.156. The first kappa shape index (κ1) is 36.7. The van der Waals surface area contributed by atoms with Crippen molar-refractivity contribution in [3.63, 3.8) is 0 Å². The normalized spacial score (nSPS) is 12.9. The van der Waals surface area contributed by atoms with Crippen molar-refractivity contribution in [2.75, 3.05) is 0 Å². The first-order valence-corrected chi connectivity index (χ1v) is 14.4. The summed E-state index contributed by atoms with van der Waals surface area (Å²) in [6.07, 6.45) is 3.08. The number of carbonyl (C=O) groups is 1. The molecule has 0 atom stereocenters. The number of aliphatic hydroxyl groups is 1. The molecule has 0 aliphatic carbocycles. The molecular weight excluding hydrogens is 683 g/mol. The minimum absolute atomic E-state index is 0. The van der Waals surface area contributed by atoms with Gasteiger partial charge < -0.3 is 5.11 Å². The molecule has 0 bridgehead atoms. The van der Waals surface area contributed by atoms with E-state index in [2.05, 4.69) is 105 Å². The monoisotopic (exact) mass is 735 g/mol. The zero-order chi connectivity index (χ0) is 30.7.